The third-order valence-electron chi connectivity index (χ3n) is 4.09. The molecule has 0 aromatic carbocycles. The van der Waals surface area contributed by atoms with Crippen LogP contribution in [0, 0.1) is 5.92 Å². The lowest BCUT2D eigenvalue weighted by molar-refractivity contribution is -0.145. The molecule has 1 atom stereocenters. The Labute approximate surface area is 128 Å². The van der Waals surface area contributed by atoms with Crippen molar-refractivity contribution in [1.82, 2.24) is 4.90 Å². The van der Waals surface area contributed by atoms with Gasteiger partial charge in [-0.05, 0) is 32.1 Å². The summed E-state index contributed by atoms with van der Waals surface area (Å²) in [5, 5.41) is 9.73. The fourth-order valence-electron chi connectivity index (χ4n) is 2.75. The molecule has 1 N–H and O–H groups in total. The maximum Gasteiger partial charge on any atom is 0.306 e. The van der Waals surface area contributed by atoms with Gasteiger partial charge in [-0.2, -0.15) is 0 Å². The number of amides is 1. The first-order chi connectivity index (χ1) is 9.66. The second-order valence-corrected chi connectivity index (χ2v) is 8.36. The van der Waals surface area contributed by atoms with Crippen molar-refractivity contribution in [3.8, 4) is 0 Å². The Hall–Kier alpha value is -0.360. The van der Waals surface area contributed by atoms with Gasteiger partial charge in [0.25, 0.3) is 0 Å². The van der Waals surface area contributed by atoms with E-state index in [9.17, 15) is 9.59 Å². The SMILES string of the molecule is O=C(O)C1CCN(C(=O)CCCCC2CCSS2)CC1. The topological polar surface area (TPSA) is 57.6 Å². The first kappa shape index (κ1) is 16.0. The summed E-state index contributed by atoms with van der Waals surface area (Å²) in [6, 6.07) is 0. The van der Waals surface area contributed by atoms with Crippen LogP contribution in [-0.4, -0.2) is 46.0 Å². The van der Waals surface area contributed by atoms with Crippen molar-refractivity contribution in [2.75, 3.05) is 18.8 Å². The maximum absolute atomic E-state index is 12.0. The number of nitrogens with zero attached hydrogens (tertiary/aromatic N) is 1. The molecule has 1 amide bonds. The van der Waals surface area contributed by atoms with E-state index in [0.717, 1.165) is 18.1 Å². The molecule has 2 rings (SSSR count). The highest BCUT2D eigenvalue weighted by Crippen LogP contribution is 2.39. The first-order valence-electron chi connectivity index (χ1n) is 7.45. The van der Waals surface area contributed by atoms with Crippen molar-refractivity contribution in [1.29, 1.82) is 0 Å². The molecule has 0 spiro atoms. The molecular formula is C14H23NO3S2. The average Bonchev–Trinajstić information content (AvgIpc) is 2.96. The smallest absolute Gasteiger partial charge is 0.306 e. The molecule has 0 saturated carbocycles. The Morgan fingerprint density at radius 2 is 1.90 bits per heavy atom. The number of carbonyl (C=O) groups excluding carboxylic acids is 1. The van der Waals surface area contributed by atoms with Crippen molar-refractivity contribution in [3.05, 3.63) is 0 Å². The third-order valence-corrected chi connectivity index (χ3v) is 7.10. The standard InChI is InChI=1S/C14H23NO3S2/c16-13(4-2-1-3-12-7-10-19-20-12)15-8-5-11(6-9-15)14(17)18/h11-12H,1-10H2,(H,17,18). The van der Waals surface area contributed by atoms with Crippen LogP contribution in [0.1, 0.15) is 44.9 Å². The molecule has 2 heterocycles. The number of hydrogen-bond acceptors (Lipinski definition) is 4. The molecule has 0 bridgehead atoms. The van der Waals surface area contributed by atoms with Crippen molar-refractivity contribution >= 4 is 33.5 Å². The highest BCUT2D eigenvalue weighted by atomic mass is 33.1. The van der Waals surface area contributed by atoms with E-state index in [0.29, 0.717) is 32.4 Å². The van der Waals surface area contributed by atoms with Crippen LogP contribution in [0.4, 0.5) is 0 Å². The van der Waals surface area contributed by atoms with Gasteiger partial charge < -0.3 is 10.0 Å². The summed E-state index contributed by atoms with van der Waals surface area (Å²) in [5.41, 5.74) is 0. The Morgan fingerprint density at radius 1 is 1.15 bits per heavy atom. The van der Waals surface area contributed by atoms with Crippen LogP contribution in [0.15, 0.2) is 0 Å². The molecule has 2 saturated heterocycles. The van der Waals surface area contributed by atoms with E-state index in [1.165, 1.54) is 18.6 Å². The number of aliphatic carboxylic acids is 1. The lowest BCUT2D eigenvalue weighted by atomic mass is 9.97. The van der Waals surface area contributed by atoms with Gasteiger partial charge in [0.15, 0.2) is 0 Å². The minimum absolute atomic E-state index is 0.210. The van der Waals surface area contributed by atoms with Gasteiger partial charge in [-0.25, -0.2) is 0 Å². The summed E-state index contributed by atoms with van der Waals surface area (Å²) >= 11 is 0. The van der Waals surface area contributed by atoms with Crippen LogP contribution in [0.5, 0.6) is 0 Å². The number of carboxylic acids is 1. The molecule has 114 valence electrons. The minimum Gasteiger partial charge on any atom is -0.481 e. The van der Waals surface area contributed by atoms with Gasteiger partial charge in [-0.3, -0.25) is 9.59 Å². The molecule has 0 aliphatic carbocycles. The fourth-order valence-corrected chi connectivity index (χ4v) is 5.77. The summed E-state index contributed by atoms with van der Waals surface area (Å²) in [6.07, 6.45) is 6.49. The van der Waals surface area contributed by atoms with Crippen molar-refractivity contribution in [2.24, 2.45) is 5.92 Å². The summed E-state index contributed by atoms with van der Waals surface area (Å²) in [6.45, 7) is 1.23. The van der Waals surface area contributed by atoms with Crippen LogP contribution in [0.25, 0.3) is 0 Å². The van der Waals surface area contributed by atoms with Gasteiger partial charge in [0.05, 0.1) is 5.92 Å². The number of carbonyl (C=O) groups is 2. The predicted octanol–water partition coefficient (Wildman–Crippen LogP) is 3.02. The normalized spacial score (nSPS) is 24.0. The zero-order valence-electron chi connectivity index (χ0n) is 11.8. The molecule has 0 aromatic rings. The van der Waals surface area contributed by atoms with E-state index in [1.807, 2.05) is 26.5 Å². The Balaban J connectivity index is 1.57. The summed E-state index contributed by atoms with van der Waals surface area (Å²) in [7, 11) is 3.96. The molecule has 20 heavy (non-hydrogen) atoms. The van der Waals surface area contributed by atoms with Crippen molar-refractivity contribution < 1.29 is 14.7 Å². The van der Waals surface area contributed by atoms with Crippen LogP contribution in [0.2, 0.25) is 0 Å². The van der Waals surface area contributed by atoms with E-state index >= 15 is 0 Å². The summed E-state index contributed by atoms with van der Waals surface area (Å²) in [4.78, 5) is 24.7. The monoisotopic (exact) mass is 317 g/mol. The summed E-state index contributed by atoms with van der Waals surface area (Å²) in [5.74, 6) is 0.509. The van der Waals surface area contributed by atoms with E-state index in [2.05, 4.69) is 0 Å². The average molecular weight is 317 g/mol. The van der Waals surface area contributed by atoms with E-state index in [1.54, 1.807) is 0 Å². The largest absolute Gasteiger partial charge is 0.481 e. The second-order valence-electron chi connectivity index (χ2n) is 5.57. The lowest BCUT2D eigenvalue weighted by Crippen LogP contribution is -2.40. The van der Waals surface area contributed by atoms with Gasteiger partial charge in [0.2, 0.25) is 5.91 Å². The first-order valence-corrected chi connectivity index (χ1v) is 9.84. The minimum atomic E-state index is -0.718. The highest BCUT2D eigenvalue weighted by Gasteiger charge is 2.26. The Morgan fingerprint density at radius 3 is 2.50 bits per heavy atom. The molecule has 6 heteroatoms. The molecule has 0 aromatic heterocycles. The van der Waals surface area contributed by atoms with Crippen LogP contribution in [-0.2, 0) is 9.59 Å². The molecular weight excluding hydrogens is 294 g/mol. The van der Waals surface area contributed by atoms with Crippen molar-refractivity contribution in [2.45, 2.75) is 50.2 Å². The zero-order chi connectivity index (χ0) is 14.4. The Bertz CT molecular complexity index is 337. The number of unbranched alkanes of at least 4 members (excludes halogenated alkanes) is 1. The van der Waals surface area contributed by atoms with E-state index in [4.69, 9.17) is 5.11 Å². The molecule has 0 radical (unpaired) electrons. The van der Waals surface area contributed by atoms with Crippen LogP contribution >= 0.6 is 21.6 Å². The zero-order valence-corrected chi connectivity index (χ0v) is 13.4. The van der Waals surface area contributed by atoms with Crippen molar-refractivity contribution in [3.63, 3.8) is 0 Å². The van der Waals surface area contributed by atoms with E-state index < -0.39 is 5.97 Å². The molecule has 2 aliphatic rings. The highest BCUT2D eigenvalue weighted by molar-refractivity contribution is 8.77. The summed E-state index contributed by atoms with van der Waals surface area (Å²) < 4.78 is 0. The number of likely N-dealkylation sites (tertiary alicyclic amines) is 1. The lowest BCUT2D eigenvalue weighted by Gasteiger charge is -2.30. The fraction of sp³-hybridized carbons (Fsp3) is 0.857. The molecule has 4 nitrogen and oxygen atoms in total. The van der Waals surface area contributed by atoms with Gasteiger partial charge in [0, 0.05) is 30.5 Å². The molecule has 2 aliphatic heterocycles. The predicted molar refractivity (Wildman–Crippen MR) is 83.9 cm³/mol. The number of hydrogen-bond donors (Lipinski definition) is 1. The van der Waals surface area contributed by atoms with E-state index in [-0.39, 0.29) is 11.8 Å². The van der Waals surface area contributed by atoms with Gasteiger partial charge >= 0.3 is 5.97 Å². The molecule has 1 unspecified atom stereocenters. The number of carboxylic acid groups (broad SMARTS) is 1. The number of piperidine rings is 1. The van der Waals surface area contributed by atoms with Gasteiger partial charge in [-0.1, -0.05) is 28.0 Å². The molecule has 2 fully saturated rings. The van der Waals surface area contributed by atoms with Gasteiger partial charge in [0.1, 0.15) is 0 Å². The maximum atomic E-state index is 12.0. The second kappa shape index (κ2) is 8.17. The van der Waals surface area contributed by atoms with Crippen LogP contribution < -0.4 is 0 Å². The third kappa shape index (κ3) is 4.88. The Kier molecular flexibility index (Phi) is 6.55. The van der Waals surface area contributed by atoms with Gasteiger partial charge in [-0.15, -0.1) is 0 Å². The van der Waals surface area contributed by atoms with Crippen LogP contribution in [0.3, 0.4) is 0 Å². The quantitative estimate of drug-likeness (QED) is 0.603. The number of rotatable bonds is 6.